The molecular weight excluding hydrogens is 244 g/mol. The molecule has 0 N–H and O–H groups in total. The highest BCUT2D eigenvalue weighted by Crippen LogP contribution is 2.47. The molecule has 1 heteroatoms. The monoisotopic (exact) mass is 266 g/mol. The van der Waals surface area contributed by atoms with E-state index in [0.29, 0.717) is 6.61 Å². The van der Waals surface area contributed by atoms with E-state index in [1.54, 1.807) is 0 Å². The Morgan fingerprint density at radius 2 is 1.90 bits per heavy atom. The van der Waals surface area contributed by atoms with E-state index in [4.69, 9.17) is 4.74 Å². The van der Waals surface area contributed by atoms with Crippen LogP contribution in [-0.2, 0) is 11.3 Å². The van der Waals surface area contributed by atoms with Gasteiger partial charge in [-0.2, -0.15) is 0 Å². The molecule has 0 aromatic heterocycles. The SMILES string of the molecule is CCOCc1ccccc1-c1cccc(C2CC2C)c1. The third kappa shape index (κ3) is 2.78. The van der Waals surface area contributed by atoms with Gasteiger partial charge < -0.3 is 4.74 Å². The summed E-state index contributed by atoms with van der Waals surface area (Å²) in [7, 11) is 0. The summed E-state index contributed by atoms with van der Waals surface area (Å²) in [6.07, 6.45) is 1.34. The van der Waals surface area contributed by atoms with E-state index in [9.17, 15) is 0 Å². The molecule has 0 heterocycles. The first-order valence-corrected chi connectivity index (χ1v) is 7.55. The Kier molecular flexibility index (Phi) is 3.88. The van der Waals surface area contributed by atoms with Gasteiger partial charge in [0, 0.05) is 6.61 Å². The van der Waals surface area contributed by atoms with Crippen LogP contribution in [0.25, 0.3) is 11.1 Å². The normalized spacial score (nSPS) is 20.9. The van der Waals surface area contributed by atoms with Crippen LogP contribution in [0.3, 0.4) is 0 Å². The van der Waals surface area contributed by atoms with E-state index in [1.165, 1.54) is 28.7 Å². The van der Waals surface area contributed by atoms with Crippen molar-refractivity contribution in [2.24, 2.45) is 5.92 Å². The topological polar surface area (TPSA) is 9.23 Å². The van der Waals surface area contributed by atoms with Crippen molar-refractivity contribution in [3.8, 4) is 11.1 Å². The summed E-state index contributed by atoms with van der Waals surface area (Å²) in [5.41, 5.74) is 5.38. The molecule has 2 unspecified atom stereocenters. The van der Waals surface area contributed by atoms with Crippen molar-refractivity contribution in [1.29, 1.82) is 0 Å². The molecule has 104 valence electrons. The van der Waals surface area contributed by atoms with Crippen LogP contribution >= 0.6 is 0 Å². The number of ether oxygens (including phenoxy) is 1. The molecule has 0 spiro atoms. The van der Waals surface area contributed by atoms with Gasteiger partial charge in [0.2, 0.25) is 0 Å². The van der Waals surface area contributed by atoms with Crippen molar-refractivity contribution >= 4 is 0 Å². The van der Waals surface area contributed by atoms with E-state index in [1.807, 2.05) is 6.92 Å². The summed E-state index contributed by atoms with van der Waals surface area (Å²) in [6, 6.07) is 17.6. The molecule has 0 amide bonds. The molecule has 1 aliphatic rings. The average Bonchev–Trinajstić information content (AvgIpc) is 3.23. The van der Waals surface area contributed by atoms with Crippen molar-refractivity contribution in [2.75, 3.05) is 6.61 Å². The lowest BCUT2D eigenvalue weighted by atomic mass is 9.97. The standard InChI is InChI=1S/C19H22O/c1-3-20-13-17-7-4-5-10-18(17)15-8-6-9-16(12-15)19-11-14(19)2/h4-10,12,14,19H,3,11,13H2,1-2H3. The highest BCUT2D eigenvalue weighted by molar-refractivity contribution is 5.68. The van der Waals surface area contributed by atoms with Gasteiger partial charge in [0.05, 0.1) is 6.61 Å². The molecule has 20 heavy (non-hydrogen) atoms. The summed E-state index contributed by atoms with van der Waals surface area (Å²) in [6.45, 7) is 5.82. The molecule has 1 aliphatic carbocycles. The summed E-state index contributed by atoms with van der Waals surface area (Å²) in [5, 5.41) is 0. The summed E-state index contributed by atoms with van der Waals surface area (Å²) < 4.78 is 5.59. The molecule has 1 saturated carbocycles. The minimum Gasteiger partial charge on any atom is -0.377 e. The van der Waals surface area contributed by atoms with Crippen LogP contribution in [0.5, 0.6) is 0 Å². The first kappa shape index (κ1) is 13.4. The Hall–Kier alpha value is -1.60. The van der Waals surface area contributed by atoms with Gasteiger partial charge in [-0.1, -0.05) is 55.5 Å². The fraction of sp³-hybridized carbons (Fsp3) is 0.368. The Morgan fingerprint density at radius 3 is 2.65 bits per heavy atom. The van der Waals surface area contributed by atoms with Crippen molar-refractivity contribution in [1.82, 2.24) is 0 Å². The molecule has 1 fully saturated rings. The van der Waals surface area contributed by atoms with Gasteiger partial charge in [0.1, 0.15) is 0 Å². The van der Waals surface area contributed by atoms with Gasteiger partial charge in [-0.25, -0.2) is 0 Å². The molecule has 0 aliphatic heterocycles. The zero-order valence-corrected chi connectivity index (χ0v) is 12.3. The molecule has 1 nitrogen and oxygen atoms in total. The molecule has 2 atom stereocenters. The van der Waals surface area contributed by atoms with Crippen molar-refractivity contribution in [3.05, 3.63) is 59.7 Å². The highest BCUT2D eigenvalue weighted by Gasteiger charge is 2.33. The molecule has 0 radical (unpaired) electrons. The fourth-order valence-corrected chi connectivity index (χ4v) is 2.86. The maximum absolute atomic E-state index is 5.59. The van der Waals surface area contributed by atoms with E-state index in [2.05, 4.69) is 55.5 Å². The largest absolute Gasteiger partial charge is 0.377 e. The van der Waals surface area contributed by atoms with Crippen LogP contribution in [0.4, 0.5) is 0 Å². The predicted octanol–water partition coefficient (Wildman–Crippen LogP) is 5.01. The molecule has 3 rings (SSSR count). The van der Waals surface area contributed by atoms with Gasteiger partial charge in [0.25, 0.3) is 0 Å². The minimum absolute atomic E-state index is 0.691. The molecular formula is C19H22O. The first-order chi connectivity index (χ1) is 9.79. The minimum atomic E-state index is 0.691. The van der Waals surface area contributed by atoms with Crippen molar-refractivity contribution in [2.45, 2.75) is 32.8 Å². The van der Waals surface area contributed by atoms with Crippen LogP contribution < -0.4 is 0 Å². The van der Waals surface area contributed by atoms with E-state index in [0.717, 1.165) is 18.4 Å². The number of hydrogen-bond acceptors (Lipinski definition) is 1. The number of hydrogen-bond donors (Lipinski definition) is 0. The van der Waals surface area contributed by atoms with Gasteiger partial charge >= 0.3 is 0 Å². The lowest BCUT2D eigenvalue weighted by Gasteiger charge is -2.11. The number of benzene rings is 2. The van der Waals surface area contributed by atoms with Gasteiger partial charge in [-0.3, -0.25) is 0 Å². The highest BCUT2D eigenvalue weighted by atomic mass is 16.5. The smallest absolute Gasteiger partial charge is 0.0722 e. The van der Waals surface area contributed by atoms with Gasteiger partial charge in [-0.05, 0) is 47.4 Å². The van der Waals surface area contributed by atoms with Crippen molar-refractivity contribution in [3.63, 3.8) is 0 Å². The van der Waals surface area contributed by atoms with Crippen LogP contribution in [-0.4, -0.2) is 6.61 Å². The predicted molar refractivity (Wildman–Crippen MR) is 83.7 cm³/mol. The van der Waals surface area contributed by atoms with Gasteiger partial charge in [-0.15, -0.1) is 0 Å². The van der Waals surface area contributed by atoms with E-state index >= 15 is 0 Å². The Labute approximate surface area is 121 Å². The van der Waals surface area contributed by atoms with Crippen molar-refractivity contribution < 1.29 is 4.74 Å². The van der Waals surface area contributed by atoms with Crippen LogP contribution in [0, 0.1) is 5.92 Å². The summed E-state index contributed by atoms with van der Waals surface area (Å²) in [5.74, 6) is 1.62. The first-order valence-electron chi connectivity index (χ1n) is 7.55. The lowest BCUT2D eigenvalue weighted by molar-refractivity contribution is 0.134. The molecule has 0 bridgehead atoms. The molecule has 0 saturated heterocycles. The van der Waals surface area contributed by atoms with Crippen LogP contribution in [0.15, 0.2) is 48.5 Å². The summed E-state index contributed by atoms with van der Waals surface area (Å²) in [4.78, 5) is 0. The zero-order valence-electron chi connectivity index (χ0n) is 12.3. The summed E-state index contributed by atoms with van der Waals surface area (Å²) >= 11 is 0. The van der Waals surface area contributed by atoms with Crippen LogP contribution in [0.2, 0.25) is 0 Å². The molecule has 2 aromatic carbocycles. The third-order valence-electron chi connectivity index (χ3n) is 4.21. The second-order valence-electron chi connectivity index (χ2n) is 5.74. The second-order valence-corrected chi connectivity index (χ2v) is 5.74. The quantitative estimate of drug-likeness (QED) is 0.739. The average molecular weight is 266 g/mol. The number of rotatable bonds is 5. The Balaban J connectivity index is 1.92. The zero-order chi connectivity index (χ0) is 13.9. The van der Waals surface area contributed by atoms with Gasteiger partial charge in [0.15, 0.2) is 0 Å². The Morgan fingerprint density at radius 1 is 1.10 bits per heavy atom. The van der Waals surface area contributed by atoms with Crippen LogP contribution in [0.1, 0.15) is 37.3 Å². The maximum Gasteiger partial charge on any atom is 0.0722 e. The molecule has 2 aromatic rings. The Bertz CT molecular complexity index is 588. The fourth-order valence-electron chi connectivity index (χ4n) is 2.86. The maximum atomic E-state index is 5.59. The van der Waals surface area contributed by atoms with E-state index in [-0.39, 0.29) is 0 Å². The second kappa shape index (κ2) is 5.80. The third-order valence-corrected chi connectivity index (χ3v) is 4.21. The van der Waals surface area contributed by atoms with E-state index < -0.39 is 0 Å². The lowest BCUT2D eigenvalue weighted by Crippen LogP contribution is -1.95.